The maximum Gasteiger partial charge on any atom is 0.329 e. The zero-order chi connectivity index (χ0) is 20.0. The van der Waals surface area contributed by atoms with E-state index in [2.05, 4.69) is 5.32 Å². The minimum Gasteiger partial charge on any atom is -0.459 e. The first-order valence-corrected chi connectivity index (χ1v) is 9.62. The van der Waals surface area contributed by atoms with Gasteiger partial charge >= 0.3 is 5.97 Å². The van der Waals surface area contributed by atoms with Gasteiger partial charge in [-0.15, -0.1) is 0 Å². The van der Waals surface area contributed by atoms with Crippen molar-refractivity contribution in [1.29, 1.82) is 0 Å². The van der Waals surface area contributed by atoms with Crippen LogP contribution in [0.1, 0.15) is 63.4 Å². The van der Waals surface area contributed by atoms with Crippen LogP contribution in [0.4, 0.5) is 0 Å². The predicted molar refractivity (Wildman–Crippen MR) is 100.0 cm³/mol. The average molecular weight is 378 g/mol. The van der Waals surface area contributed by atoms with Gasteiger partial charge in [0.25, 0.3) is 11.8 Å². The molecule has 1 aliphatic carbocycles. The van der Waals surface area contributed by atoms with E-state index in [0.717, 1.165) is 25.7 Å². The van der Waals surface area contributed by atoms with Crippen LogP contribution >= 0.6 is 0 Å². The first kappa shape index (κ1) is 21.0. The van der Waals surface area contributed by atoms with Gasteiger partial charge in [-0.1, -0.05) is 33.1 Å². The van der Waals surface area contributed by atoms with Gasteiger partial charge in [0.1, 0.15) is 6.04 Å². The Labute approximate surface area is 160 Å². The highest BCUT2D eigenvalue weighted by Crippen LogP contribution is 2.22. The summed E-state index contributed by atoms with van der Waals surface area (Å²) in [6.45, 7) is 5.18. The number of hydrogen-bond donors (Lipinski definition) is 1. The van der Waals surface area contributed by atoms with E-state index >= 15 is 0 Å². The van der Waals surface area contributed by atoms with Gasteiger partial charge in [0.2, 0.25) is 0 Å². The Hall–Kier alpha value is -2.31. The maximum absolute atomic E-state index is 12.6. The summed E-state index contributed by atoms with van der Waals surface area (Å²) in [4.78, 5) is 39.1. The molecular formula is C20H30N2O5. The quantitative estimate of drug-likeness (QED) is 0.737. The lowest BCUT2D eigenvalue weighted by Gasteiger charge is -2.33. The van der Waals surface area contributed by atoms with Crippen LogP contribution in [-0.2, 0) is 14.3 Å². The number of carbonyl (C=O) groups excluding carboxylic acids is 3. The van der Waals surface area contributed by atoms with Crippen molar-refractivity contribution < 1.29 is 23.5 Å². The second-order valence-corrected chi connectivity index (χ2v) is 7.49. The van der Waals surface area contributed by atoms with Gasteiger partial charge < -0.3 is 19.4 Å². The molecule has 0 bridgehead atoms. The number of esters is 1. The number of nitrogens with one attached hydrogen (secondary N) is 1. The van der Waals surface area contributed by atoms with Crippen LogP contribution < -0.4 is 5.32 Å². The van der Waals surface area contributed by atoms with Crippen LogP contribution in [-0.4, -0.2) is 47.9 Å². The van der Waals surface area contributed by atoms with Gasteiger partial charge in [0.05, 0.1) is 6.26 Å². The molecule has 0 radical (unpaired) electrons. The van der Waals surface area contributed by atoms with E-state index in [1.165, 1.54) is 18.8 Å². The van der Waals surface area contributed by atoms with Crippen LogP contribution in [0.25, 0.3) is 0 Å². The van der Waals surface area contributed by atoms with E-state index in [1.807, 2.05) is 0 Å². The highest BCUT2D eigenvalue weighted by Gasteiger charge is 2.32. The standard InChI is InChI=1S/C20H30N2O5/c1-13(2)17(21-18(23)16-11-8-12-26-16)20(25)27-14(3)19(24)22(4)15-9-6-5-7-10-15/h8,11-15,17H,5-7,9-10H2,1-4H3,(H,21,23)/t14-,17-/m1/s1. The van der Waals surface area contributed by atoms with Gasteiger partial charge in [-0.2, -0.15) is 0 Å². The molecule has 1 heterocycles. The molecule has 0 unspecified atom stereocenters. The van der Waals surface area contributed by atoms with Gasteiger partial charge in [0, 0.05) is 13.1 Å². The SMILES string of the molecule is CC(C)[C@@H](NC(=O)c1ccco1)C(=O)O[C@H](C)C(=O)N(C)C1CCCCC1. The van der Waals surface area contributed by atoms with Crippen molar-refractivity contribution in [2.24, 2.45) is 5.92 Å². The molecule has 1 N–H and O–H groups in total. The summed E-state index contributed by atoms with van der Waals surface area (Å²) in [6.07, 6.45) is 5.89. The summed E-state index contributed by atoms with van der Waals surface area (Å²) in [5.41, 5.74) is 0. The fourth-order valence-electron chi connectivity index (χ4n) is 3.35. The molecule has 1 aromatic heterocycles. The fourth-order valence-corrected chi connectivity index (χ4v) is 3.35. The fraction of sp³-hybridized carbons (Fsp3) is 0.650. The Morgan fingerprint density at radius 3 is 2.41 bits per heavy atom. The van der Waals surface area contributed by atoms with Crippen LogP contribution in [0.5, 0.6) is 0 Å². The van der Waals surface area contributed by atoms with E-state index in [4.69, 9.17) is 9.15 Å². The third kappa shape index (κ3) is 5.58. The molecule has 1 aliphatic rings. The lowest BCUT2D eigenvalue weighted by atomic mass is 9.94. The maximum atomic E-state index is 12.6. The number of ether oxygens (including phenoxy) is 1. The Balaban J connectivity index is 1.94. The zero-order valence-corrected chi connectivity index (χ0v) is 16.6. The molecular weight excluding hydrogens is 348 g/mol. The molecule has 0 spiro atoms. The average Bonchev–Trinajstić information content (AvgIpc) is 3.19. The molecule has 0 aliphatic heterocycles. The number of hydrogen-bond acceptors (Lipinski definition) is 5. The Morgan fingerprint density at radius 2 is 1.85 bits per heavy atom. The van der Waals surface area contributed by atoms with Crippen molar-refractivity contribution in [3.63, 3.8) is 0 Å². The van der Waals surface area contributed by atoms with Gasteiger partial charge in [-0.3, -0.25) is 9.59 Å². The van der Waals surface area contributed by atoms with Crippen LogP contribution in [0.2, 0.25) is 0 Å². The summed E-state index contributed by atoms with van der Waals surface area (Å²) in [7, 11) is 1.77. The predicted octanol–water partition coefficient (Wildman–Crippen LogP) is 2.76. The number of rotatable bonds is 7. The second kappa shape index (κ2) is 9.58. The molecule has 2 rings (SSSR count). The third-order valence-corrected chi connectivity index (χ3v) is 5.06. The molecule has 0 aromatic carbocycles. The van der Waals surface area contributed by atoms with Crippen LogP contribution in [0, 0.1) is 5.92 Å². The molecule has 1 aromatic rings. The Kier molecular flexibility index (Phi) is 7.45. The number of carbonyl (C=O) groups is 3. The molecule has 1 fully saturated rings. The highest BCUT2D eigenvalue weighted by molar-refractivity contribution is 5.95. The van der Waals surface area contributed by atoms with Crippen LogP contribution in [0.3, 0.4) is 0 Å². The van der Waals surface area contributed by atoms with E-state index in [1.54, 1.807) is 38.8 Å². The minimum atomic E-state index is -0.897. The Morgan fingerprint density at radius 1 is 1.19 bits per heavy atom. The van der Waals surface area contributed by atoms with Crippen LogP contribution in [0.15, 0.2) is 22.8 Å². The zero-order valence-electron chi connectivity index (χ0n) is 16.6. The number of nitrogens with zero attached hydrogens (tertiary/aromatic N) is 1. The summed E-state index contributed by atoms with van der Waals surface area (Å²) < 4.78 is 10.4. The normalized spacial score (nSPS) is 17.2. The molecule has 2 atom stereocenters. The van der Waals surface area contributed by atoms with E-state index < -0.39 is 24.0 Å². The lowest BCUT2D eigenvalue weighted by molar-refractivity contribution is -0.162. The van der Waals surface area contributed by atoms with Crippen molar-refractivity contribution >= 4 is 17.8 Å². The topological polar surface area (TPSA) is 88.9 Å². The van der Waals surface area contributed by atoms with E-state index in [9.17, 15) is 14.4 Å². The smallest absolute Gasteiger partial charge is 0.329 e. The number of furan rings is 1. The van der Waals surface area contributed by atoms with Crippen molar-refractivity contribution in [2.75, 3.05) is 7.05 Å². The summed E-state index contributed by atoms with van der Waals surface area (Å²) >= 11 is 0. The summed E-state index contributed by atoms with van der Waals surface area (Å²) in [5, 5.41) is 2.62. The number of likely N-dealkylation sites (N-methyl/N-ethyl adjacent to an activating group) is 1. The van der Waals surface area contributed by atoms with E-state index in [-0.39, 0.29) is 23.6 Å². The van der Waals surface area contributed by atoms with Gasteiger partial charge in [-0.05, 0) is 37.8 Å². The van der Waals surface area contributed by atoms with Crippen molar-refractivity contribution in [2.45, 2.75) is 71.1 Å². The van der Waals surface area contributed by atoms with Crippen molar-refractivity contribution in [3.05, 3.63) is 24.2 Å². The molecule has 27 heavy (non-hydrogen) atoms. The number of amides is 2. The van der Waals surface area contributed by atoms with Gasteiger partial charge in [0.15, 0.2) is 11.9 Å². The molecule has 2 amide bonds. The monoisotopic (exact) mass is 378 g/mol. The second-order valence-electron chi connectivity index (χ2n) is 7.49. The third-order valence-electron chi connectivity index (χ3n) is 5.06. The van der Waals surface area contributed by atoms with E-state index in [0.29, 0.717) is 0 Å². The molecule has 7 heteroatoms. The van der Waals surface area contributed by atoms with Crippen molar-refractivity contribution in [1.82, 2.24) is 10.2 Å². The minimum absolute atomic E-state index is 0.120. The first-order chi connectivity index (χ1) is 12.8. The lowest BCUT2D eigenvalue weighted by Crippen LogP contribution is -2.49. The van der Waals surface area contributed by atoms with Gasteiger partial charge in [-0.25, -0.2) is 4.79 Å². The molecule has 0 saturated heterocycles. The summed E-state index contributed by atoms with van der Waals surface area (Å²) in [6, 6.07) is 2.45. The largest absolute Gasteiger partial charge is 0.459 e. The molecule has 7 nitrogen and oxygen atoms in total. The van der Waals surface area contributed by atoms with Crippen molar-refractivity contribution in [3.8, 4) is 0 Å². The summed E-state index contributed by atoms with van der Waals surface area (Å²) in [5.74, 6) is -1.41. The molecule has 150 valence electrons. The molecule has 1 saturated carbocycles. The highest BCUT2D eigenvalue weighted by atomic mass is 16.5. The Bertz CT molecular complexity index is 635. The first-order valence-electron chi connectivity index (χ1n) is 9.62.